The molecule has 0 aliphatic heterocycles. The van der Waals surface area contributed by atoms with Gasteiger partial charge in [0, 0.05) is 13.1 Å². The van der Waals surface area contributed by atoms with Crippen LogP contribution in [0.4, 0.5) is 5.69 Å². The third-order valence-corrected chi connectivity index (χ3v) is 5.95. The van der Waals surface area contributed by atoms with Crippen LogP contribution in [-0.4, -0.2) is 57.1 Å². The number of nitrogens with one attached hydrogen (secondary N) is 1. The summed E-state index contributed by atoms with van der Waals surface area (Å²) in [7, 11) is -3.81. The highest BCUT2D eigenvalue weighted by Gasteiger charge is 2.30. The molecule has 0 saturated heterocycles. The summed E-state index contributed by atoms with van der Waals surface area (Å²) in [5.41, 5.74) is 1.10. The maximum absolute atomic E-state index is 13.4. The molecule has 2 amide bonds. The average Bonchev–Trinajstić information content (AvgIpc) is 2.76. The Labute approximate surface area is 190 Å². The molecule has 0 bridgehead atoms. The van der Waals surface area contributed by atoms with E-state index >= 15 is 0 Å². The Morgan fingerprint density at radius 2 is 1.66 bits per heavy atom. The van der Waals surface area contributed by atoms with Crippen molar-refractivity contribution < 1.29 is 22.7 Å². The van der Waals surface area contributed by atoms with E-state index in [1.54, 1.807) is 45.0 Å². The van der Waals surface area contributed by atoms with E-state index in [1.807, 2.05) is 30.3 Å². The normalized spacial score (nSPS) is 12.0. The van der Waals surface area contributed by atoms with Crippen molar-refractivity contribution in [2.75, 3.05) is 30.3 Å². The van der Waals surface area contributed by atoms with Crippen LogP contribution in [0.5, 0.6) is 5.75 Å². The van der Waals surface area contributed by atoms with E-state index in [4.69, 9.17) is 4.74 Å². The van der Waals surface area contributed by atoms with Gasteiger partial charge in [-0.15, -0.1) is 0 Å². The molecule has 1 N–H and O–H groups in total. The molecule has 1 atom stereocenters. The maximum atomic E-state index is 13.4. The van der Waals surface area contributed by atoms with Gasteiger partial charge in [-0.3, -0.25) is 13.9 Å². The van der Waals surface area contributed by atoms with E-state index in [0.717, 1.165) is 16.1 Å². The fraction of sp³-hybridized carbons (Fsp3) is 0.391. The number of rotatable bonds is 11. The Morgan fingerprint density at radius 1 is 1.03 bits per heavy atom. The molecule has 8 nitrogen and oxygen atoms in total. The number of carbonyl (C=O) groups excluding carboxylic acids is 2. The summed E-state index contributed by atoms with van der Waals surface area (Å²) in [6, 6.07) is 15.1. The zero-order chi connectivity index (χ0) is 23.7. The van der Waals surface area contributed by atoms with Gasteiger partial charge in [0.2, 0.25) is 21.8 Å². The molecule has 32 heavy (non-hydrogen) atoms. The number of hydrogen-bond donors (Lipinski definition) is 1. The molecule has 2 aromatic carbocycles. The largest absolute Gasteiger partial charge is 0.492 e. The summed E-state index contributed by atoms with van der Waals surface area (Å²) in [6.45, 7) is 5.70. The molecule has 2 rings (SSSR count). The molecule has 0 aromatic heterocycles. The van der Waals surface area contributed by atoms with Crippen LogP contribution in [0.2, 0.25) is 0 Å². The Balaban J connectivity index is 2.40. The van der Waals surface area contributed by atoms with Gasteiger partial charge < -0.3 is 15.0 Å². The second-order valence-electron chi connectivity index (χ2n) is 7.25. The first-order valence-electron chi connectivity index (χ1n) is 10.5. The highest BCUT2D eigenvalue weighted by Crippen LogP contribution is 2.30. The van der Waals surface area contributed by atoms with Crippen molar-refractivity contribution in [3.8, 4) is 5.75 Å². The molecule has 0 spiro atoms. The molecule has 174 valence electrons. The summed E-state index contributed by atoms with van der Waals surface area (Å²) in [5, 5.41) is 2.72. The monoisotopic (exact) mass is 461 g/mol. The van der Waals surface area contributed by atoms with Crippen LogP contribution in [0, 0.1) is 0 Å². The Morgan fingerprint density at radius 3 is 2.25 bits per heavy atom. The lowest BCUT2D eigenvalue weighted by Crippen LogP contribution is -2.51. The fourth-order valence-corrected chi connectivity index (χ4v) is 4.07. The Hall–Kier alpha value is -3.07. The zero-order valence-electron chi connectivity index (χ0n) is 18.9. The minimum absolute atomic E-state index is 0.169. The van der Waals surface area contributed by atoms with Crippen LogP contribution in [0.15, 0.2) is 54.6 Å². The molecule has 0 fully saturated rings. The van der Waals surface area contributed by atoms with Gasteiger partial charge in [0.05, 0.1) is 18.6 Å². The summed E-state index contributed by atoms with van der Waals surface area (Å²) in [5.74, 6) is -0.443. The van der Waals surface area contributed by atoms with E-state index in [0.29, 0.717) is 18.9 Å². The fourth-order valence-electron chi connectivity index (χ4n) is 3.22. The number of hydrogen-bond acceptors (Lipinski definition) is 5. The molecular formula is C23H31N3O5S. The number of carbonyl (C=O) groups is 2. The van der Waals surface area contributed by atoms with Gasteiger partial charge in [-0.25, -0.2) is 8.42 Å². The average molecular weight is 462 g/mol. The standard InChI is InChI=1S/C23H31N3O5S/c1-5-24-23(28)18(3)25(16-19-12-8-7-9-13-19)22(27)17-26(32(4,29)30)20-14-10-11-15-21(20)31-6-2/h7-15,18H,5-6,16-17H2,1-4H3,(H,24,28). The second kappa shape index (κ2) is 11.5. The van der Waals surface area contributed by atoms with Crippen molar-refractivity contribution in [1.29, 1.82) is 0 Å². The third-order valence-electron chi connectivity index (χ3n) is 4.83. The van der Waals surface area contributed by atoms with Gasteiger partial charge >= 0.3 is 0 Å². The minimum atomic E-state index is -3.81. The number of anilines is 1. The van der Waals surface area contributed by atoms with Crippen molar-refractivity contribution >= 4 is 27.5 Å². The lowest BCUT2D eigenvalue weighted by atomic mass is 10.1. The molecule has 0 saturated carbocycles. The quantitative estimate of drug-likeness (QED) is 0.554. The molecule has 0 aliphatic carbocycles. The van der Waals surface area contributed by atoms with E-state index in [-0.39, 0.29) is 18.1 Å². The molecule has 9 heteroatoms. The van der Waals surface area contributed by atoms with Gasteiger partial charge in [-0.05, 0) is 38.5 Å². The Bertz CT molecular complexity index is 1010. The lowest BCUT2D eigenvalue weighted by molar-refractivity contribution is -0.139. The number of nitrogens with zero attached hydrogens (tertiary/aromatic N) is 2. The van der Waals surface area contributed by atoms with Crippen LogP contribution in [-0.2, 0) is 26.2 Å². The Kier molecular flexibility index (Phi) is 9.07. The van der Waals surface area contributed by atoms with Crippen LogP contribution < -0.4 is 14.4 Å². The number of amides is 2. The van der Waals surface area contributed by atoms with E-state index in [1.165, 1.54) is 4.90 Å². The van der Waals surface area contributed by atoms with Crippen molar-refractivity contribution in [2.24, 2.45) is 0 Å². The molecule has 2 aromatic rings. The minimum Gasteiger partial charge on any atom is -0.492 e. The molecule has 0 radical (unpaired) electrons. The summed E-state index contributed by atoms with van der Waals surface area (Å²) < 4.78 is 31.9. The SMILES string of the molecule is CCNC(=O)C(C)N(Cc1ccccc1)C(=O)CN(c1ccccc1OCC)S(C)(=O)=O. The van der Waals surface area contributed by atoms with E-state index in [2.05, 4.69) is 5.32 Å². The molecule has 1 unspecified atom stereocenters. The van der Waals surface area contributed by atoms with Crippen molar-refractivity contribution in [2.45, 2.75) is 33.4 Å². The predicted octanol–water partition coefficient (Wildman–Crippen LogP) is 2.40. The first kappa shape index (κ1) is 25.2. The first-order chi connectivity index (χ1) is 15.2. The highest BCUT2D eigenvalue weighted by molar-refractivity contribution is 7.92. The summed E-state index contributed by atoms with van der Waals surface area (Å²) in [4.78, 5) is 27.3. The number of para-hydroxylation sites is 2. The summed E-state index contributed by atoms with van der Waals surface area (Å²) >= 11 is 0. The van der Waals surface area contributed by atoms with Crippen LogP contribution in [0.3, 0.4) is 0 Å². The smallest absolute Gasteiger partial charge is 0.244 e. The van der Waals surface area contributed by atoms with Gasteiger partial charge in [-0.2, -0.15) is 0 Å². The first-order valence-corrected chi connectivity index (χ1v) is 12.3. The third kappa shape index (κ3) is 6.71. The molecule has 0 aliphatic rings. The number of benzene rings is 2. The van der Waals surface area contributed by atoms with Gasteiger partial charge in [0.25, 0.3) is 0 Å². The molecule has 0 heterocycles. The molecular weight excluding hydrogens is 430 g/mol. The second-order valence-corrected chi connectivity index (χ2v) is 9.15. The van der Waals surface area contributed by atoms with Gasteiger partial charge in [0.15, 0.2) is 0 Å². The van der Waals surface area contributed by atoms with Gasteiger partial charge in [-0.1, -0.05) is 42.5 Å². The van der Waals surface area contributed by atoms with Crippen LogP contribution >= 0.6 is 0 Å². The summed E-state index contributed by atoms with van der Waals surface area (Å²) in [6.07, 6.45) is 1.04. The maximum Gasteiger partial charge on any atom is 0.244 e. The zero-order valence-corrected chi connectivity index (χ0v) is 19.8. The van der Waals surface area contributed by atoms with Crippen LogP contribution in [0.1, 0.15) is 26.3 Å². The van der Waals surface area contributed by atoms with Crippen LogP contribution in [0.25, 0.3) is 0 Å². The van der Waals surface area contributed by atoms with Gasteiger partial charge in [0.1, 0.15) is 18.3 Å². The van der Waals surface area contributed by atoms with Crippen molar-refractivity contribution in [3.63, 3.8) is 0 Å². The number of sulfonamides is 1. The van der Waals surface area contributed by atoms with Crippen molar-refractivity contribution in [1.82, 2.24) is 10.2 Å². The topological polar surface area (TPSA) is 96.0 Å². The number of ether oxygens (including phenoxy) is 1. The van der Waals surface area contributed by atoms with Crippen molar-refractivity contribution in [3.05, 3.63) is 60.2 Å². The van der Waals surface area contributed by atoms with E-state index < -0.39 is 28.5 Å². The highest BCUT2D eigenvalue weighted by atomic mass is 32.2. The number of likely N-dealkylation sites (N-methyl/N-ethyl adjacent to an activating group) is 1. The van der Waals surface area contributed by atoms with E-state index in [9.17, 15) is 18.0 Å². The lowest BCUT2D eigenvalue weighted by Gasteiger charge is -2.31. The predicted molar refractivity (Wildman–Crippen MR) is 125 cm³/mol.